The van der Waals surface area contributed by atoms with Crippen LogP contribution < -0.4 is 0 Å². The molecule has 0 saturated heterocycles. The minimum Gasteiger partial charge on any atom is -0.481 e. The molecule has 4 saturated carbocycles. The molecule has 2 N–H and O–H groups in total. The van der Waals surface area contributed by atoms with Gasteiger partial charge in [-0.3, -0.25) is 4.79 Å². The number of carboxylic acid groups (broad SMARTS) is 1. The standard InChI is InChI=1S/C26H44O3/c1-5-17-14-19-21-8-7-20(16(2)6-9-24(28)29)25(21,3)13-11-22(19)26(4)12-10-18(27)15-23(17)26/h16-23,27H,5-15H2,1-4H3,(H,28,29)/t16-,17+,18-,19+,20-,21+,22+,23+,25-,26-/m1/s1. The Labute approximate surface area is 178 Å². The molecule has 4 fully saturated rings. The van der Waals surface area contributed by atoms with Gasteiger partial charge < -0.3 is 10.2 Å². The van der Waals surface area contributed by atoms with Gasteiger partial charge in [0.05, 0.1) is 6.10 Å². The van der Waals surface area contributed by atoms with E-state index in [4.69, 9.17) is 5.11 Å². The molecule has 0 heterocycles. The lowest BCUT2D eigenvalue weighted by molar-refractivity contribution is -0.152. The summed E-state index contributed by atoms with van der Waals surface area (Å²) in [6.45, 7) is 9.86. The van der Waals surface area contributed by atoms with Crippen LogP contribution in [0.3, 0.4) is 0 Å². The van der Waals surface area contributed by atoms with E-state index >= 15 is 0 Å². The number of hydrogen-bond acceptors (Lipinski definition) is 2. The van der Waals surface area contributed by atoms with Gasteiger partial charge in [0.1, 0.15) is 0 Å². The summed E-state index contributed by atoms with van der Waals surface area (Å²) in [4.78, 5) is 11.1. The molecule has 0 aromatic heterocycles. The van der Waals surface area contributed by atoms with E-state index in [0.29, 0.717) is 35.0 Å². The summed E-state index contributed by atoms with van der Waals surface area (Å²) in [5, 5.41) is 19.6. The van der Waals surface area contributed by atoms with Gasteiger partial charge in [0.2, 0.25) is 0 Å². The average molecular weight is 405 g/mol. The molecule has 0 aromatic carbocycles. The van der Waals surface area contributed by atoms with Gasteiger partial charge >= 0.3 is 5.97 Å². The maximum Gasteiger partial charge on any atom is 0.303 e. The Morgan fingerprint density at radius 2 is 1.69 bits per heavy atom. The summed E-state index contributed by atoms with van der Waals surface area (Å²) in [6.07, 6.45) is 12.4. The van der Waals surface area contributed by atoms with Gasteiger partial charge in [-0.15, -0.1) is 0 Å². The lowest BCUT2D eigenvalue weighted by Crippen LogP contribution is -2.56. The Hall–Kier alpha value is -0.570. The van der Waals surface area contributed by atoms with Gasteiger partial charge in [-0.25, -0.2) is 0 Å². The topological polar surface area (TPSA) is 57.5 Å². The molecule has 0 unspecified atom stereocenters. The highest BCUT2D eigenvalue weighted by Crippen LogP contribution is 2.69. The fourth-order valence-corrected chi connectivity index (χ4v) is 9.46. The van der Waals surface area contributed by atoms with Crippen LogP contribution in [-0.4, -0.2) is 22.3 Å². The molecular formula is C26H44O3. The van der Waals surface area contributed by atoms with E-state index in [1.165, 1.54) is 44.9 Å². The number of fused-ring (bicyclic) bond motifs is 5. The zero-order valence-electron chi connectivity index (χ0n) is 19.2. The van der Waals surface area contributed by atoms with Crippen molar-refractivity contribution in [3.05, 3.63) is 0 Å². The Balaban J connectivity index is 1.57. The molecule has 3 heteroatoms. The minimum atomic E-state index is -0.642. The monoisotopic (exact) mass is 404 g/mol. The zero-order chi connectivity index (χ0) is 21.0. The van der Waals surface area contributed by atoms with Crippen LogP contribution in [0.4, 0.5) is 0 Å². The zero-order valence-corrected chi connectivity index (χ0v) is 19.2. The predicted molar refractivity (Wildman–Crippen MR) is 116 cm³/mol. The fraction of sp³-hybridized carbons (Fsp3) is 0.962. The minimum absolute atomic E-state index is 0.0709. The van der Waals surface area contributed by atoms with Crippen LogP contribution in [0.15, 0.2) is 0 Å². The Morgan fingerprint density at radius 3 is 2.38 bits per heavy atom. The highest BCUT2D eigenvalue weighted by molar-refractivity contribution is 5.66. The van der Waals surface area contributed by atoms with Crippen molar-refractivity contribution in [2.24, 2.45) is 52.3 Å². The fourth-order valence-electron chi connectivity index (χ4n) is 9.46. The first-order valence-electron chi connectivity index (χ1n) is 12.6. The summed E-state index contributed by atoms with van der Waals surface area (Å²) < 4.78 is 0. The third-order valence-electron chi connectivity index (χ3n) is 10.9. The average Bonchev–Trinajstić information content (AvgIpc) is 3.03. The number of aliphatic hydroxyl groups is 1. The van der Waals surface area contributed by atoms with Crippen LogP contribution in [0.1, 0.15) is 98.3 Å². The highest BCUT2D eigenvalue weighted by atomic mass is 16.4. The summed E-state index contributed by atoms with van der Waals surface area (Å²) in [7, 11) is 0. The first-order valence-corrected chi connectivity index (χ1v) is 12.6. The van der Waals surface area contributed by atoms with E-state index < -0.39 is 5.97 Å². The van der Waals surface area contributed by atoms with Crippen LogP contribution in [-0.2, 0) is 4.79 Å². The second-order valence-electron chi connectivity index (χ2n) is 12.0. The largest absolute Gasteiger partial charge is 0.481 e. The second-order valence-corrected chi connectivity index (χ2v) is 12.0. The van der Waals surface area contributed by atoms with E-state index in [9.17, 15) is 9.90 Å². The smallest absolute Gasteiger partial charge is 0.303 e. The van der Waals surface area contributed by atoms with Crippen LogP contribution in [0, 0.1) is 52.3 Å². The quantitative estimate of drug-likeness (QED) is 0.578. The molecule has 0 radical (unpaired) electrons. The number of carboxylic acids is 1. The van der Waals surface area contributed by atoms with Gasteiger partial charge in [-0.1, -0.05) is 34.1 Å². The van der Waals surface area contributed by atoms with Gasteiger partial charge in [0.25, 0.3) is 0 Å². The van der Waals surface area contributed by atoms with E-state index in [1.54, 1.807) is 0 Å². The van der Waals surface area contributed by atoms with Gasteiger partial charge in [0, 0.05) is 6.42 Å². The van der Waals surface area contributed by atoms with Crippen molar-refractivity contribution in [3.8, 4) is 0 Å². The first-order chi connectivity index (χ1) is 13.7. The van der Waals surface area contributed by atoms with Crippen LogP contribution >= 0.6 is 0 Å². The van der Waals surface area contributed by atoms with Gasteiger partial charge in [0.15, 0.2) is 0 Å². The van der Waals surface area contributed by atoms with E-state index in [1.807, 2.05) is 0 Å². The van der Waals surface area contributed by atoms with Crippen molar-refractivity contribution in [2.75, 3.05) is 0 Å². The molecule has 29 heavy (non-hydrogen) atoms. The highest BCUT2D eigenvalue weighted by Gasteiger charge is 2.62. The van der Waals surface area contributed by atoms with Gasteiger partial charge in [-0.05, 0) is 110 Å². The number of aliphatic hydroxyl groups excluding tert-OH is 1. The van der Waals surface area contributed by atoms with Crippen LogP contribution in [0.2, 0.25) is 0 Å². The third-order valence-corrected chi connectivity index (χ3v) is 10.9. The summed E-state index contributed by atoms with van der Waals surface area (Å²) in [5.74, 6) is 4.60. The number of hydrogen-bond donors (Lipinski definition) is 2. The lowest BCUT2D eigenvalue weighted by Gasteiger charge is -2.63. The van der Waals surface area contributed by atoms with Crippen molar-refractivity contribution in [1.29, 1.82) is 0 Å². The SMILES string of the molecule is CC[C@H]1C[C@@H]2[C@H](CC[C@]3(C)[C@@H]([C@H](C)CCC(=O)O)CC[C@@H]23)[C@@]2(C)CC[C@@H](O)C[C@@H]12. The molecule has 0 bridgehead atoms. The molecule has 0 amide bonds. The third kappa shape index (κ3) is 3.48. The Morgan fingerprint density at radius 1 is 1.00 bits per heavy atom. The van der Waals surface area contributed by atoms with Crippen molar-refractivity contribution >= 4 is 5.97 Å². The summed E-state index contributed by atoms with van der Waals surface area (Å²) >= 11 is 0. The maximum absolute atomic E-state index is 11.1. The molecule has 4 rings (SSSR count). The predicted octanol–water partition coefficient (Wildman–Crippen LogP) is 6.14. The Bertz CT molecular complexity index is 617. The lowest BCUT2D eigenvalue weighted by atomic mass is 9.42. The molecule has 166 valence electrons. The van der Waals surface area contributed by atoms with Crippen molar-refractivity contribution < 1.29 is 15.0 Å². The first kappa shape index (κ1) is 21.7. The van der Waals surface area contributed by atoms with Crippen LogP contribution in [0.25, 0.3) is 0 Å². The molecule has 0 aliphatic heterocycles. The molecule has 3 nitrogen and oxygen atoms in total. The van der Waals surface area contributed by atoms with E-state index in [-0.39, 0.29) is 6.10 Å². The normalized spacial score (nSPS) is 50.3. The van der Waals surface area contributed by atoms with Crippen LogP contribution in [0.5, 0.6) is 0 Å². The van der Waals surface area contributed by atoms with E-state index in [2.05, 4.69) is 27.7 Å². The number of rotatable bonds is 5. The summed E-state index contributed by atoms with van der Waals surface area (Å²) in [5.41, 5.74) is 0.839. The van der Waals surface area contributed by atoms with E-state index in [0.717, 1.165) is 42.9 Å². The molecule has 4 aliphatic carbocycles. The molecular weight excluding hydrogens is 360 g/mol. The van der Waals surface area contributed by atoms with Gasteiger partial charge in [-0.2, -0.15) is 0 Å². The molecule has 0 aromatic rings. The molecule has 10 atom stereocenters. The second kappa shape index (κ2) is 7.84. The number of aliphatic carboxylic acids is 1. The molecule has 4 aliphatic rings. The van der Waals surface area contributed by atoms with Crippen molar-refractivity contribution in [1.82, 2.24) is 0 Å². The van der Waals surface area contributed by atoms with Crippen molar-refractivity contribution in [3.63, 3.8) is 0 Å². The van der Waals surface area contributed by atoms with Crippen molar-refractivity contribution in [2.45, 2.75) is 104 Å². The maximum atomic E-state index is 11.1. The number of carbonyl (C=O) groups is 1. The molecule has 0 spiro atoms. The Kier molecular flexibility index (Phi) is 5.86. The summed E-state index contributed by atoms with van der Waals surface area (Å²) in [6, 6.07) is 0.